The van der Waals surface area contributed by atoms with E-state index in [1.165, 1.54) is 19.6 Å². The Morgan fingerprint density at radius 1 is 1.35 bits per heavy atom. The van der Waals surface area contributed by atoms with E-state index >= 15 is 0 Å². The van der Waals surface area contributed by atoms with Crippen molar-refractivity contribution in [3.05, 3.63) is 30.7 Å². The van der Waals surface area contributed by atoms with E-state index in [1.807, 2.05) is 6.92 Å². The molecule has 0 aliphatic carbocycles. The first-order chi connectivity index (χ1) is 9.56. The first-order valence-electron chi connectivity index (χ1n) is 5.89. The average molecular weight is 297 g/mol. The van der Waals surface area contributed by atoms with E-state index in [2.05, 4.69) is 14.7 Å². The minimum atomic E-state index is -3.69. The molecule has 2 aromatic rings. The van der Waals surface area contributed by atoms with Gasteiger partial charge in [0.1, 0.15) is 0 Å². The van der Waals surface area contributed by atoms with Crippen LogP contribution < -0.4 is 14.2 Å². The van der Waals surface area contributed by atoms with E-state index in [0.29, 0.717) is 23.8 Å². The lowest BCUT2D eigenvalue weighted by molar-refractivity contribution is 0.311. The molecular weight excluding hydrogens is 282 g/mol. The molecule has 0 fully saturated rings. The molecule has 0 aliphatic rings. The van der Waals surface area contributed by atoms with Crippen molar-refractivity contribution in [1.82, 2.24) is 9.97 Å². The third-order valence-corrected chi connectivity index (χ3v) is 3.79. The summed E-state index contributed by atoms with van der Waals surface area (Å²) in [6.07, 6.45) is 2.53. The average Bonchev–Trinajstić information content (AvgIpc) is 2.94. The molecule has 0 saturated heterocycles. The maximum atomic E-state index is 12.0. The first kappa shape index (κ1) is 14.2. The lowest BCUT2D eigenvalue weighted by atomic mass is 10.3. The molecule has 1 heterocycles. The summed E-state index contributed by atoms with van der Waals surface area (Å²) in [7, 11) is -2.17. The first-order valence-corrected chi connectivity index (χ1v) is 7.37. The highest BCUT2D eigenvalue weighted by Crippen LogP contribution is 2.30. The Labute approximate surface area is 117 Å². The van der Waals surface area contributed by atoms with Gasteiger partial charge in [0.25, 0.3) is 10.0 Å². The van der Waals surface area contributed by atoms with Crippen LogP contribution in [0.5, 0.6) is 11.5 Å². The van der Waals surface area contributed by atoms with Crippen molar-refractivity contribution in [2.45, 2.75) is 11.9 Å². The van der Waals surface area contributed by atoms with Crippen molar-refractivity contribution in [3.8, 4) is 11.5 Å². The molecule has 0 radical (unpaired) electrons. The lowest BCUT2D eigenvalue weighted by Crippen LogP contribution is -2.13. The van der Waals surface area contributed by atoms with Crippen molar-refractivity contribution in [3.63, 3.8) is 0 Å². The number of benzene rings is 1. The number of sulfonamides is 1. The highest BCUT2D eigenvalue weighted by Gasteiger charge is 2.16. The molecule has 1 aromatic carbocycles. The van der Waals surface area contributed by atoms with Gasteiger partial charge >= 0.3 is 0 Å². The molecule has 0 aliphatic heterocycles. The fourth-order valence-corrected chi connectivity index (χ4v) is 2.56. The molecule has 8 heteroatoms. The predicted octanol–water partition coefficient (Wildman–Crippen LogP) is 1.62. The Morgan fingerprint density at radius 2 is 2.15 bits per heavy atom. The third kappa shape index (κ3) is 3.02. The van der Waals surface area contributed by atoms with Crippen LogP contribution in [0.4, 0.5) is 5.69 Å². The summed E-state index contributed by atoms with van der Waals surface area (Å²) in [5, 5.41) is -0.00808. The molecule has 0 atom stereocenters. The van der Waals surface area contributed by atoms with Gasteiger partial charge in [0.15, 0.2) is 16.5 Å². The summed E-state index contributed by atoms with van der Waals surface area (Å²) in [5.74, 6) is 1.01. The van der Waals surface area contributed by atoms with Crippen LogP contribution in [0.1, 0.15) is 6.92 Å². The van der Waals surface area contributed by atoms with Crippen molar-refractivity contribution in [2.24, 2.45) is 0 Å². The van der Waals surface area contributed by atoms with Gasteiger partial charge < -0.3 is 14.5 Å². The fourth-order valence-electron chi connectivity index (χ4n) is 1.61. The van der Waals surface area contributed by atoms with E-state index in [0.717, 1.165) is 0 Å². The van der Waals surface area contributed by atoms with Gasteiger partial charge in [-0.15, -0.1) is 0 Å². The van der Waals surface area contributed by atoms with E-state index in [4.69, 9.17) is 9.47 Å². The Hall–Kier alpha value is -2.22. The molecule has 0 unspecified atom stereocenters. The monoisotopic (exact) mass is 297 g/mol. The summed E-state index contributed by atoms with van der Waals surface area (Å²) in [5.41, 5.74) is 0.379. The van der Waals surface area contributed by atoms with Crippen LogP contribution in [0.15, 0.2) is 35.7 Å². The molecule has 1 aromatic heterocycles. The summed E-state index contributed by atoms with van der Waals surface area (Å²) < 4.78 is 37.0. The van der Waals surface area contributed by atoms with Crippen LogP contribution in [0, 0.1) is 0 Å². The van der Waals surface area contributed by atoms with Gasteiger partial charge in [-0.1, -0.05) is 0 Å². The van der Waals surface area contributed by atoms with Gasteiger partial charge in [0, 0.05) is 6.07 Å². The molecule has 20 heavy (non-hydrogen) atoms. The number of aromatic amines is 1. The number of anilines is 1. The maximum absolute atomic E-state index is 12.0. The second kappa shape index (κ2) is 5.83. The summed E-state index contributed by atoms with van der Waals surface area (Å²) in [4.78, 5) is 6.23. The van der Waals surface area contributed by atoms with Gasteiger partial charge in [0.2, 0.25) is 0 Å². The van der Waals surface area contributed by atoms with Gasteiger partial charge in [-0.25, -0.2) is 4.98 Å². The molecule has 0 amide bonds. The zero-order valence-corrected chi connectivity index (χ0v) is 11.9. The molecule has 0 bridgehead atoms. The van der Waals surface area contributed by atoms with Gasteiger partial charge in [0.05, 0.1) is 31.9 Å². The lowest BCUT2D eigenvalue weighted by Gasteiger charge is -2.12. The van der Waals surface area contributed by atoms with E-state index < -0.39 is 10.0 Å². The number of aromatic nitrogens is 2. The van der Waals surface area contributed by atoms with Gasteiger partial charge in [-0.05, 0) is 19.1 Å². The summed E-state index contributed by atoms with van der Waals surface area (Å²) >= 11 is 0. The van der Waals surface area contributed by atoms with Crippen molar-refractivity contribution >= 4 is 15.7 Å². The molecular formula is C12H15N3O4S. The zero-order valence-electron chi connectivity index (χ0n) is 11.1. The van der Waals surface area contributed by atoms with Crippen LogP contribution >= 0.6 is 0 Å². The minimum absolute atomic E-state index is 0.00808. The number of H-pyrrole nitrogens is 1. The second-order valence-corrected chi connectivity index (χ2v) is 5.47. The zero-order chi connectivity index (χ0) is 14.6. The number of methoxy groups -OCH3 is 1. The number of nitrogens with zero attached hydrogens (tertiary/aromatic N) is 1. The fraction of sp³-hybridized carbons (Fsp3) is 0.250. The summed E-state index contributed by atoms with van der Waals surface area (Å²) in [6.45, 7) is 2.29. The Balaban J connectivity index is 2.28. The van der Waals surface area contributed by atoms with Crippen molar-refractivity contribution < 1.29 is 17.9 Å². The number of nitrogens with one attached hydrogen (secondary N) is 2. The van der Waals surface area contributed by atoms with E-state index in [-0.39, 0.29) is 5.03 Å². The quantitative estimate of drug-likeness (QED) is 0.845. The van der Waals surface area contributed by atoms with E-state index in [1.54, 1.807) is 18.2 Å². The van der Waals surface area contributed by atoms with Crippen LogP contribution in [0.3, 0.4) is 0 Å². The van der Waals surface area contributed by atoms with Crippen LogP contribution in [0.25, 0.3) is 0 Å². The molecule has 2 rings (SSSR count). The number of rotatable bonds is 6. The predicted molar refractivity (Wildman–Crippen MR) is 73.6 cm³/mol. The number of hydrogen-bond donors (Lipinski definition) is 2. The van der Waals surface area contributed by atoms with Gasteiger partial charge in [-0.3, -0.25) is 4.72 Å². The van der Waals surface area contributed by atoms with Crippen LogP contribution in [0.2, 0.25) is 0 Å². The smallest absolute Gasteiger partial charge is 0.278 e. The Morgan fingerprint density at radius 3 is 2.75 bits per heavy atom. The third-order valence-electron chi connectivity index (χ3n) is 2.48. The minimum Gasteiger partial charge on any atom is -0.493 e. The highest BCUT2D eigenvalue weighted by atomic mass is 32.2. The topological polar surface area (TPSA) is 93.3 Å². The standard InChI is InChI=1S/C12H15N3O4S/c1-3-19-11-6-9(4-5-10(11)18-2)15-20(16,17)12-7-13-8-14-12/h4-8,15H,3H2,1-2H3,(H,13,14). The number of ether oxygens (including phenoxy) is 2. The summed E-state index contributed by atoms with van der Waals surface area (Å²) in [6, 6.07) is 4.79. The maximum Gasteiger partial charge on any atom is 0.278 e. The molecule has 2 N–H and O–H groups in total. The van der Waals surface area contributed by atoms with Crippen LogP contribution in [-0.2, 0) is 10.0 Å². The van der Waals surface area contributed by atoms with E-state index in [9.17, 15) is 8.42 Å². The second-order valence-electron chi connectivity index (χ2n) is 3.82. The molecule has 0 spiro atoms. The molecule has 108 valence electrons. The van der Waals surface area contributed by atoms with Crippen molar-refractivity contribution in [1.29, 1.82) is 0 Å². The normalized spacial score (nSPS) is 11.1. The highest BCUT2D eigenvalue weighted by molar-refractivity contribution is 7.92. The number of imidazole rings is 1. The largest absolute Gasteiger partial charge is 0.493 e. The van der Waals surface area contributed by atoms with Crippen LogP contribution in [-0.4, -0.2) is 32.1 Å². The Kier molecular flexibility index (Phi) is 4.14. The Bertz CT molecular complexity index is 668. The molecule has 7 nitrogen and oxygen atoms in total. The van der Waals surface area contributed by atoms with Crippen molar-refractivity contribution in [2.75, 3.05) is 18.4 Å². The number of hydrogen-bond acceptors (Lipinski definition) is 5. The molecule has 0 saturated carbocycles. The SMILES string of the molecule is CCOc1cc(NS(=O)(=O)c2cnc[nH]2)ccc1OC. The van der Waals surface area contributed by atoms with Gasteiger partial charge in [-0.2, -0.15) is 8.42 Å².